The number of nitrogens with zero attached hydrogens (tertiary/aromatic N) is 3. The van der Waals surface area contributed by atoms with Gasteiger partial charge in [0.15, 0.2) is 0 Å². The molecule has 3 unspecified atom stereocenters. The second-order valence-electron chi connectivity index (χ2n) is 22.9. The van der Waals surface area contributed by atoms with E-state index in [2.05, 4.69) is 27.3 Å². The van der Waals surface area contributed by atoms with Crippen LogP contribution in [0.4, 0.5) is 9.59 Å². The molecule has 18 nitrogen and oxygen atoms in total. The monoisotopic (exact) mass is 1050 g/mol. The van der Waals surface area contributed by atoms with E-state index in [9.17, 15) is 38.4 Å². The van der Waals surface area contributed by atoms with Gasteiger partial charge in [0.1, 0.15) is 41.4 Å². The Morgan fingerprint density at radius 3 is 1.76 bits per heavy atom. The maximum absolute atomic E-state index is 14.8. The van der Waals surface area contributed by atoms with Crippen LogP contribution in [0.1, 0.15) is 140 Å². The Kier molecular flexibility index (Phi) is 19.7. The number of methoxy groups -OCH3 is 1. The molecule has 5 rings (SSSR count). The number of fused-ring (bicyclic) bond motifs is 1. The summed E-state index contributed by atoms with van der Waals surface area (Å²) in [6.45, 7) is 18.9. The first-order valence-corrected chi connectivity index (χ1v) is 25.9. The van der Waals surface area contributed by atoms with Gasteiger partial charge in [0.25, 0.3) is 5.91 Å². The van der Waals surface area contributed by atoms with E-state index in [-0.39, 0.29) is 31.3 Å². The van der Waals surface area contributed by atoms with Gasteiger partial charge in [-0.05, 0) is 126 Å². The number of hydrogen-bond acceptors (Lipinski definition) is 11. The number of amides is 7. The van der Waals surface area contributed by atoms with Crippen LogP contribution >= 0.6 is 0 Å². The summed E-state index contributed by atoms with van der Waals surface area (Å²) in [6.07, 6.45) is 5.18. The van der Waals surface area contributed by atoms with Crippen LogP contribution in [-0.2, 0) is 51.0 Å². The molecular formula is C58H79N7O11. The molecule has 3 aromatic carbocycles. The highest BCUT2D eigenvalue weighted by Crippen LogP contribution is 2.32. The van der Waals surface area contributed by atoms with Crippen LogP contribution in [0, 0.1) is 5.41 Å². The quantitative estimate of drug-likeness (QED) is 0.0650. The van der Waals surface area contributed by atoms with Gasteiger partial charge in [-0.2, -0.15) is 0 Å². The number of ether oxygens (including phenoxy) is 3. The summed E-state index contributed by atoms with van der Waals surface area (Å²) in [5.74, 6) is -3.02. The molecule has 76 heavy (non-hydrogen) atoms. The fraction of sp³-hybridized carbons (Fsp3) is 0.517. The number of likely N-dealkylation sites (tertiary alicyclic amines) is 1. The molecule has 0 saturated carbocycles. The lowest BCUT2D eigenvalue weighted by atomic mass is 9.85. The summed E-state index contributed by atoms with van der Waals surface area (Å²) in [7, 11) is 4.14. The number of benzene rings is 3. The maximum Gasteiger partial charge on any atom is 0.410 e. The lowest BCUT2D eigenvalue weighted by molar-refractivity contribution is -0.145. The Bertz CT molecular complexity index is 2610. The van der Waals surface area contributed by atoms with E-state index in [1.54, 1.807) is 72.7 Å². The number of rotatable bonds is 16. The van der Waals surface area contributed by atoms with Gasteiger partial charge in [-0.15, -0.1) is 0 Å². The van der Waals surface area contributed by atoms with Crippen molar-refractivity contribution in [3.8, 4) is 0 Å². The number of carbonyl (C=O) groups excluding carboxylic acids is 8. The van der Waals surface area contributed by atoms with E-state index in [0.29, 0.717) is 5.56 Å². The summed E-state index contributed by atoms with van der Waals surface area (Å²) in [6, 6.07) is 16.5. The minimum Gasteiger partial charge on any atom is -0.467 e. The molecule has 1 saturated heterocycles. The Hall–Kier alpha value is -7.24. The summed E-state index contributed by atoms with van der Waals surface area (Å²) >= 11 is 0. The van der Waals surface area contributed by atoms with Crippen LogP contribution in [0.3, 0.4) is 0 Å². The fourth-order valence-electron chi connectivity index (χ4n) is 8.85. The zero-order chi connectivity index (χ0) is 56.4. The van der Waals surface area contributed by atoms with Crippen molar-refractivity contribution in [1.82, 2.24) is 36.0 Å². The summed E-state index contributed by atoms with van der Waals surface area (Å²) < 4.78 is 15.8. The lowest BCUT2D eigenvalue weighted by Gasteiger charge is -2.37. The molecule has 7 atom stereocenters. The molecular weight excluding hydrogens is 971 g/mol. The molecule has 0 aromatic heterocycles. The van der Waals surface area contributed by atoms with Gasteiger partial charge in [-0.3, -0.25) is 33.8 Å². The Morgan fingerprint density at radius 2 is 1.24 bits per heavy atom. The Balaban J connectivity index is 1.26. The van der Waals surface area contributed by atoms with Gasteiger partial charge in [0.2, 0.25) is 23.6 Å². The first-order chi connectivity index (χ1) is 35.5. The lowest BCUT2D eigenvalue weighted by Crippen LogP contribution is -2.60. The molecule has 1 aliphatic carbocycles. The van der Waals surface area contributed by atoms with E-state index in [1.165, 1.54) is 37.9 Å². The van der Waals surface area contributed by atoms with E-state index in [1.807, 2.05) is 75.4 Å². The molecule has 3 aromatic rings. The molecule has 18 heteroatoms. The molecule has 4 N–H and O–H groups in total. The highest BCUT2D eigenvalue weighted by atomic mass is 16.6. The highest BCUT2D eigenvalue weighted by Gasteiger charge is 2.46. The first-order valence-electron chi connectivity index (χ1n) is 25.9. The van der Waals surface area contributed by atoms with Crippen molar-refractivity contribution in [3.63, 3.8) is 0 Å². The fourth-order valence-corrected chi connectivity index (χ4v) is 8.85. The van der Waals surface area contributed by atoms with E-state index in [0.717, 1.165) is 52.0 Å². The molecule has 1 aliphatic heterocycles. The molecule has 7 amide bonds. The molecule has 0 spiro atoms. The van der Waals surface area contributed by atoms with Crippen LogP contribution in [0.5, 0.6) is 0 Å². The highest BCUT2D eigenvalue weighted by molar-refractivity contribution is 5.97. The van der Waals surface area contributed by atoms with Crippen LogP contribution in [0.25, 0.3) is 12.2 Å². The smallest absolute Gasteiger partial charge is 0.410 e. The van der Waals surface area contributed by atoms with Gasteiger partial charge < -0.3 is 40.4 Å². The van der Waals surface area contributed by atoms with Crippen LogP contribution in [0.2, 0.25) is 0 Å². The summed E-state index contributed by atoms with van der Waals surface area (Å²) in [5, 5.41) is 11.9. The third kappa shape index (κ3) is 16.4. The van der Waals surface area contributed by atoms with Crippen molar-refractivity contribution in [3.05, 3.63) is 106 Å². The van der Waals surface area contributed by atoms with Crippen molar-refractivity contribution < 1.29 is 52.6 Å². The van der Waals surface area contributed by atoms with Crippen molar-refractivity contribution in [1.29, 1.82) is 0 Å². The average Bonchev–Trinajstić information content (AvgIpc) is 3.78. The summed E-state index contributed by atoms with van der Waals surface area (Å²) in [4.78, 5) is 112. The first kappa shape index (κ1) is 59.6. The van der Waals surface area contributed by atoms with Crippen LogP contribution < -0.4 is 21.3 Å². The predicted octanol–water partition coefficient (Wildman–Crippen LogP) is 6.99. The number of likely N-dealkylation sites (N-methyl/N-ethyl adjacent to an activating group) is 2. The number of aryl methyl sites for hydroxylation is 1. The van der Waals surface area contributed by atoms with E-state index in [4.69, 9.17) is 14.2 Å². The Labute approximate surface area is 448 Å². The van der Waals surface area contributed by atoms with Crippen LogP contribution in [-0.4, -0.2) is 138 Å². The number of nitrogens with one attached hydrogen (secondary N) is 4. The van der Waals surface area contributed by atoms with Crippen molar-refractivity contribution in [2.45, 2.75) is 162 Å². The zero-order valence-corrected chi connectivity index (χ0v) is 46.7. The second kappa shape index (κ2) is 25.1. The SMILES string of the molecule is COC(=O)C(Cc1ccc(/C=C/c2ccc(C(=O)N[C@H]3CC(C(=O)NC4CCCc5ccccc54)N(C(=O)[C@@H](NC(=O)[C@H](C)N(C)C(=O)OC(C)(C)C)C(C)(C)C)C3)cc2)cc1)NC(=O)[C@H](C)N(C)C(=O)OC(C)(C)C. The largest absolute Gasteiger partial charge is 0.467 e. The van der Waals surface area contributed by atoms with Gasteiger partial charge >= 0.3 is 18.2 Å². The molecule has 412 valence electrons. The topological polar surface area (TPSA) is 222 Å². The molecule has 2 aliphatic rings. The number of carbonyl (C=O) groups is 8. The van der Waals surface area contributed by atoms with Crippen molar-refractivity contribution in [2.75, 3.05) is 27.7 Å². The van der Waals surface area contributed by atoms with Crippen LogP contribution in [0.15, 0.2) is 72.8 Å². The van der Waals surface area contributed by atoms with Gasteiger partial charge in [0, 0.05) is 38.7 Å². The van der Waals surface area contributed by atoms with Gasteiger partial charge in [-0.25, -0.2) is 14.4 Å². The molecule has 1 fully saturated rings. The second-order valence-corrected chi connectivity index (χ2v) is 22.9. The van der Waals surface area contributed by atoms with Crippen molar-refractivity contribution in [2.24, 2.45) is 5.41 Å². The predicted molar refractivity (Wildman–Crippen MR) is 289 cm³/mol. The average molecular weight is 1050 g/mol. The normalized spacial score (nSPS) is 18.2. The third-order valence-electron chi connectivity index (χ3n) is 13.5. The zero-order valence-electron chi connectivity index (χ0n) is 46.7. The van der Waals surface area contributed by atoms with Gasteiger partial charge in [-0.1, -0.05) is 93.6 Å². The number of esters is 1. The number of hydrogen-bond donors (Lipinski definition) is 4. The molecule has 0 radical (unpaired) electrons. The molecule has 1 heterocycles. The molecule has 0 bridgehead atoms. The van der Waals surface area contributed by atoms with Gasteiger partial charge in [0.05, 0.1) is 13.2 Å². The maximum atomic E-state index is 14.8. The standard InChI is InChI=1S/C58H79N7O11/c1-35(63(12)54(72)75-57(6,7)8)48(66)61-45(53(71)74-14)32-39-26-24-37(25-27-39)22-23-38-28-30-41(31-29-38)50(68)59-42-33-46(51(69)60-44-21-17-19-40-18-15-16-20-43(40)44)65(34-42)52(70)47(56(3,4)5)62-49(67)36(2)64(13)55(73)76-58(9,10)11/h15-16,18,20,22-31,35-36,42,44-47H,17,19,21,32-34H2,1-14H3,(H,59,68)(H,60,69)(H,61,66)(H,62,67)/b23-22+/t35-,36-,42-,44?,45?,46?,47+/m0/s1. The minimum absolute atomic E-state index is 0.00394. The Morgan fingerprint density at radius 1 is 0.711 bits per heavy atom. The van der Waals surface area contributed by atoms with E-state index >= 15 is 0 Å². The third-order valence-corrected chi connectivity index (χ3v) is 13.5. The van der Waals surface area contributed by atoms with E-state index < -0.39 is 94.7 Å². The minimum atomic E-state index is -1.11. The summed E-state index contributed by atoms with van der Waals surface area (Å²) in [5.41, 5.74) is 2.59. The van der Waals surface area contributed by atoms with Crippen molar-refractivity contribution >= 4 is 59.8 Å².